The molecule has 0 unspecified atom stereocenters. The normalized spacial score (nSPS) is 14.0. The average molecular weight is 341 g/mol. The zero-order chi connectivity index (χ0) is 15.5. The van der Waals surface area contributed by atoms with Gasteiger partial charge in [-0.3, -0.25) is 4.90 Å². The van der Waals surface area contributed by atoms with E-state index >= 15 is 0 Å². The van der Waals surface area contributed by atoms with E-state index in [9.17, 15) is 0 Å². The number of benzene rings is 1. The van der Waals surface area contributed by atoms with Crippen molar-refractivity contribution in [3.63, 3.8) is 0 Å². The van der Waals surface area contributed by atoms with E-state index < -0.39 is 0 Å². The lowest BCUT2D eigenvalue weighted by molar-refractivity contribution is 0.234. The largest absolute Gasteiger partial charge is 0.493 e. The summed E-state index contributed by atoms with van der Waals surface area (Å²) in [5.74, 6) is 2.68. The van der Waals surface area contributed by atoms with Crippen molar-refractivity contribution < 1.29 is 14.0 Å². The van der Waals surface area contributed by atoms with E-state index in [4.69, 9.17) is 19.7 Å². The first-order valence-corrected chi connectivity index (χ1v) is 7.21. The van der Waals surface area contributed by atoms with Gasteiger partial charge in [0.05, 0.1) is 27.3 Å². The maximum absolute atomic E-state index is 5.48. The highest BCUT2D eigenvalue weighted by Crippen LogP contribution is 2.33. The number of hydrogen-bond acceptors (Lipinski definition) is 7. The number of ether oxygens (including phenoxy) is 2. The number of rotatable bonds is 5. The fourth-order valence-electron chi connectivity index (χ4n) is 2.71. The van der Waals surface area contributed by atoms with Gasteiger partial charge in [-0.15, -0.1) is 12.4 Å². The number of nitrogens with two attached hydrogens (primary N) is 1. The van der Waals surface area contributed by atoms with Gasteiger partial charge in [0.25, 0.3) is 0 Å². The Labute approximate surface area is 141 Å². The third kappa shape index (κ3) is 3.74. The minimum atomic E-state index is 0. The smallest absolute Gasteiger partial charge is 0.240 e. The maximum Gasteiger partial charge on any atom is 0.240 e. The Bertz CT molecular complexity index is 662. The second kappa shape index (κ2) is 7.63. The number of hydrogen-bond donors (Lipinski definition) is 1. The third-order valence-corrected chi connectivity index (χ3v) is 3.85. The van der Waals surface area contributed by atoms with Gasteiger partial charge in [0, 0.05) is 13.1 Å². The molecule has 0 radical (unpaired) electrons. The van der Waals surface area contributed by atoms with Crippen LogP contribution in [0.5, 0.6) is 11.5 Å². The van der Waals surface area contributed by atoms with Crippen molar-refractivity contribution in [3.05, 3.63) is 35.0 Å². The lowest BCUT2D eigenvalue weighted by Crippen LogP contribution is -2.30. The molecule has 126 valence electrons. The Kier molecular flexibility index (Phi) is 5.81. The van der Waals surface area contributed by atoms with E-state index in [1.54, 1.807) is 14.2 Å². The van der Waals surface area contributed by atoms with Crippen LogP contribution in [-0.2, 0) is 26.1 Å². The van der Waals surface area contributed by atoms with Crippen molar-refractivity contribution in [2.45, 2.75) is 26.1 Å². The zero-order valence-corrected chi connectivity index (χ0v) is 14.1. The summed E-state index contributed by atoms with van der Waals surface area (Å²) in [5, 5.41) is 3.95. The summed E-state index contributed by atoms with van der Waals surface area (Å²) in [5.41, 5.74) is 8.02. The summed E-state index contributed by atoms with van der Waals surface area (Å²) in [4.78, 5) is 6.53. The first kappa shape index (κ1) is 17.5. The summed E-state index contributed by atoms with van der Waals surface area (Å²) in [7, 11) is 3.31. The molecule has 8 heteroatoms. The standard InChI is InChI=1S/C15H20N4O3.ClH/c1-20-12-5-10-3-4-19(8-11(10)6-13(12)21-2)9-14-17-15(7-16)22-18-14;/h5-6H,3-4,7-9,16H2,1-2H3;1H. The molecule has 0 saturated carbocycles. The van der Waals surface area contributed by atoms with Gasteiger partial charge >= 0.3 is 0 Å². The van der Waals surface area contributed by atoms with Gasteiger partial charge in [-0.2, -0.15) is 4.98 Å². The highest BCUT2D eigenvalue weighted by Gasteiger charge is 2.20. The Morgan fingerprint density at radius 3 is 2.52 bits per heavy atom. The summed E-state index contributed by atoms with van der Waals surface area (Å²) >= 11 is 0. The van der Waals surface area contributed by atoms with Gasteiger partial charge in [0.1, 0.15) is 0 Å². The molecular formula is C15H21ClN4O3. The predicted molar refractivity (Wildman–Crippen MR) is 86.8 cm³/mol. The highest BCUT2D eigenvalue weighted by atomic mass is 35.5. The van der Waals surface area contributed by atoms with Crippen molar-refractivity contribution in [2.24, 2.45) is 5.73 Å². The van der Waals surface area contributed by atoms with E-state index in [2.05, 4.69) is 21.1 Å². The van der Waals surface area contributed by atoms with Crippen LogP contribution in [0.2, 0.25) is 0 Å². The molecular weight excluding hydrogens is 320 g/mol. The number of fused-ring (bicyclic) bond motifs is 1. The van der Waals surface area contributed by atoms with Crippen LogP contribution in [0.3, 0.4) is 0 Å². The lowest BCUT2D eigenvalue weighted by atomic mass is 9.99. The van der Waals surface area contributed by atoms with Crippen molar-refractivity contribution in [2.75, 3.05) is 20.8 Å². The van der Waals surface area contributed by atoms with Crippen LogP contribution in [0.1, 0.15) is 22.8 Å². The SMILES string of the molecule is COc1cc2c(cc1OC)CN(Cc1noc(CN)n1)CC2.Cl. The van der Waals surface area contributed by atoms with E-state index in [-0.39, 0.29) is 19.0 Å². The Morgan fingerprint density at radius 2 is 1.91 bits per heavy atom. The number of aromatic nitrogens is 2. The molecule has 7 nitrogen and oxygen atoms in total. The monoisotopic (exact) mass is 340 g/mol. The summed E-state index contributed by atoms with van der Waals surface area (Å²) < 4.78 is 15.8. The molecule has 0 fully saturated rings. The molecule has 0 bridgehead atoms. The molecule has 1 aromatic carbocycles. The second-order valence-corrected chi connectivity index (χ2v) is 5.25. The molecule has 0 aliphatic carbocycles. The van der Waals surface area contributed by atoms with E-state index in [0.717, 1.165) is 31.0 Å². The van der Waals surface area contributed by atoms with E-state index in [1.807, 2.05) is 6.07 Å². The summed E-state index contributed by atoms with van der Waals surface area (Å²) in [6, 6.07) is 4.11. The Balaban J connectivity index is 0.00000192. The van der Waals surface area contributed by atoms with Crippen molar-refractivity contribution in [1.82, 2.24) is 15.0 Å². The van der Waals surface area contributed by atoms with Crippen LogP contribution in [-0.4, -0.2) is 35.8 Å². The van der Waals surface area contributed by atoms with Gasteiger partial charge in [-0.05, 0) is 29.7 Å². The van der Waals surface area contributed by atoms with Crippen LogP contribution >= 0.6 is 12.4 Å². The van der Waals surface area contributed by atoms with E-state index in [1.165, 1.54) is 11.1 Å². The molecule has 0 saturated heterocycles. The minimum absolute atomic E-state index is 0. The summed E-state index contributed by atoms with van der Waals surface area (Å²) in [6.07, 6.45) is 0.956. The topological polar surface area (TPSA) is 86.6 Å². The predicted octanol–water partition coefficient (Wildman–Crippen LogP) is 1.53. The minimum Gasteiger partial charge on any atom is -0.493 e. The van der Waals surface area contributed by atoms with E-state index in [0.29, 0.717) is 18.3 Å². The molecule has 0 spiro atoms. The van der Waals surface area contributed by atoms with Gasteiger partial charge < -0.3 is 19.7 Å². The molecule has 1 aliphatic rings. The fraction of sp³-hybridized carbons (Fsp3) is 0.467. The van der Waals surface area contributed by atoms with Crippen molar-refractivity contribution >= 4 is 12.4 Å². The highest BCUT2D eigenvalue weighted by molar-refractivity contribution is 5.85. The van der Waals surface area contributed by atoms with Gasteiger partial charge in [-0.1, -0.05) is 5.16 Å². The zero-order valence-electron chi connectivity index (χ0n) is 13.2. The number of nitrogens with zero attached hydrogens (tertiary/aromatic N) is 3. The van der Waals surface area contributed by atoms with Gasteiger partial charge in [0.2, 0.25) is 5.89 Å². The first-order valence-electron chi connectivity index (χ1n) is 7.21. The molecule has 23 heavy (non-hydrogen) atoms. The fourth-order valence-corrected chi connectivity index (χ4v) is 2.71. The van der Waals surface area contributed by atoms with Crippen LogP contribution in [0.4, 0.5) is 0 Å². The Morgan fingerprint density at radius 1 is 1.22 bits per heavy atom. The quantitative estimate of drug-likeness (QED) is 0.883. The second-order valence-electron chi connectivity index (χ2n) is 5.25. The molecule has 0 amide bonds. The van der Waals surface area contributed by atoms with Crippen molar-refractivity contribution in [3.8, 4) is 11.5 Å². The van der Waals surface area contributed by atoms with Gasteiger partial charge in [-0.25, -0.2) is 0 Å². The average Bonchev–Trinajstić information content (AvgIpc) is 3.01. The van der Waals surface area contributed by atoms with Crippen LogP contribution < -0.4 is 15.2 Å². The molecule has 3 rings (SSSR count). The molecule has 2 N–H and O–H groups in total. The van der Waals surface area contributed by atoms with Gasteiger partial charge in [0.15, 0.2) is 17.3 Å². The van der Waals surface area contributed by atoms with Crippen LogP contribution in [0.15, 0.2) is 16.7 Å². The maximum atomic E-state index is 5.48. The van der Waals surface area contributed by atoms with Crippen LogP contribution in [0, 0.1) is 0 Å². The lowest BCUT2D eigenvalue weighted by Gasteiger charge is -2.28. The molecule has 1 aliphatic heterocycles. The first-order chi connectivity index (χ1) is 10.7. The number of methoxy groups -OCH3 is 2. The number of halogens is 1. The van der Waals surface area contributed by atoms with Crippen LogP contribution in [0.25, 0.3) is 0 Å². The third-order valence-electron chi connectivity index (χ3n) is 3.85. The summed E-state index contributed by atoms with van der Waals surface area (Å²) in [6.45, 7) is 2.68. The molecule has 2 aromatic rings. The molecule has 2 heterocycles. The molecule has 1 aromatic heterocycles. The van der Waals surface area contributed by atoms with Crippen molar-refractivity contribution in [1.29, 1.82) is 0 Å². The molecule has 0 atom stereocenters. The Hall–Kier alpha value is -1.83.